The molecule has 0 fully saturated rings. The average Bonchev–Trinajstić information content (AvgIpc) is 2.60. The number of carbonyl (C=O) groups excluding carboxylic acids is 1. The second kappa shape index (κ2) is 7.53. The number of anilines is 2. The lowest BCUT2D eigenvalue weighted by atomic mass is 10.2. The first-order valence-corrected chi connectivity index (χ1v) is 7.80. The highest BCUT2D eigenvalue weighted by atomic mass is 19.1. The lowest BCUT2D eigenvalue weighted by Crippen LogP contribution is -2.16. The van der Waals surface area contributed by atoms with E-state index in [-0.39, 0.29) is 5.69 Å². The van der Waals surface area contributed by atoms with E-state index < -0.39 is 11.7 Å². The number of amides is 1. The molecule has 0 spiro atoms. The topological polar surface area (TPSA) is 66.9 Å². The first-order chi connectivity index (χ1) is 12.1. The van der Waals surface area contributed by atoms with E-state index in [9.17, 15) is 9.18 Å². The number of nitrogens with zero attached hydrogens (tertiary/aromatic N) is 2. The Kier molecular flexibility index (Phi) is 4.99. The van der Waals surface area contributed by atoms with Gasteiger partial charge in [0.2, 0.25) is 5.95 Å². The van der Waals surface area contributed by atoms with Crippen LogP contribution < -0.4 is 10.6 Å². The minimum atomic E-state index is -0.418. The molecule has 3 aromatic rings. The number of rotatable bonds is 5. The maximum atomic E-state index is 13.2. The van der Waals surface area contributed by atoms with Crippen molar-refractivity contribution < 1.29 is 9.18 Å². The Morgan fingerprint density at radius 3 is 2.60 bits per heavy atom. The lowest BCUT2D eigenvalue weighted by Gasteiger charge is -2.09. The van der Waals surface area contributed by atoms with Gasteiger partial charge in [-0.2, -0.15) is 0 Å². The van der Waals surface area contributed by atoms with Gasteiger partial charge in [0, 0.05) is 17.9 Å². The van der Waals surface area contributed by atoms with Crippen LogP contribution in [0.4, 0.5) is 16.0 Å². The Balaban J connectivity index is 1.73. The molecule has 0 unspecified atom stereocenters. The Morgan fingerprint density at radius 1 is 1.04 bits per heavy atom. The Labute approximate surface area is 145 Å². The third kappa shape index (κ3) is 4.60. The summed E-state index contributed by atoms with van der Waals surface area (Å²) in [7, 11) is 0. The van der Waals surface area contributed by atoms with Crippen molar-refractivity contribution in [3.63, 3.8) is 0 Å². The van der Waals surface area contributed by atoms with E-state index in [2.05, 4.69) is 20.6 Å². The largest absolute Gasteiger partial charge is 0.350 e. The molecule has 0 atom stereocenters. The summed E-state index contributed by atoms with van der Waals surface area (Å²) >= 11 is 0. The van der Waals surface area contributed by atoms with Crippen molar-refractivity contribution in [1.29, 1.82) is 0 Å². The van der Waals surface area contributed by atoms with Crippen LogP contribution in [0.1, 0.15) is 21.7 Å². The Bertz CT molecular complexity index is 884. The molecule has 25 heavy (non-hydrogen) atoms. The summed E-state index contributed by atoms with van der Waals surface area (Å²) in [6.07, 6.45) is 0. The number of hydrogen-bond acceptors (Lipinski definition) is 4. The van der Waals surface area contributed by atoms with E-state index in [1.807, 2.05) is 30.3 Å². The van der Waals surface area contributed by atoms with Crippen LogP contribution in [-0.2, 0) is 6.54 Å². The SMILES string of the molecule is Cc1cc(C(=O)Nc2cccc(F)c2)nc(NCc2ccccc2)n1. The average molecular weight is 336 g/mol. The standard InChI is InChI=1S/C19H17FN4O/c1-13-10-17(18(25)23-16-9-5-8-15(20)11-16)24-19(22-13)21-12-14-6-3-2-4-7-14/h2-11H,12H2,1H3,(H,23,25)(H,21,22,24). The van der Waals surface area contributed by atoms with Crippen molar-refractivity contribution in [2.24, 2.45) is 0 Å². The third-order valence-electron chi connectivity index (χ3n) is 3.46. The van der Waals surface area contributed by atoms with E-state index >= 15 is 0 Å². The fourth-order valence-electron chi connectivity index (χ4n) is 2.30. The molecule has 5 nitrogen and oxygen atoms in total. The zero-order valence-corrected chi connectivity index (χ0v) is 13.7. The van der Waals surface area contributed by atoms with Crippen LogP contribution in [0.15, 0.2) is 60.7 Å². The van der Waals surface area contributed by atoms with Gasteiger partial charge in [0.15, 0.2) is 0 Å². The summed E-state index contributed by atoms with van der Waals surface area (Å²) in [5.41, 5.74) is 2.33. The summed E-state index contributed by atoms with van der Waals surface area (Å²) in [5.74, 6) is -0.464. The van der Waals surface area contributed by atoms with E-state index in [1.54, 1.807) is 19.1 Å². The minimum absolute atomic E-state index is 0.215. The molecule has 2 N–H and O–H groups in total. The Hall–Kier alpha value is -3.28. The smallest absolute Gasteiger partial charge is 0.274 e. The normalized spacial score (nSPS) is 10.3. The molecule has 6 heteroatoms. The summed E-state index contributed by atoms with van der Waals surface area (Å²) in [6.45, 7) is 2.34. The fourth-order valence-corrected chi connectivity index (χ4v) is 2.30. The quantitative estimate of drug-likeness (QED) is 0.744. The maximum absolute atomic E-state index is 13.2. The number of carbonyl (C=O) groups is 1. The maximum Gasteiger partial charge on any atom is 0.274 e. The molecule has 0 saturated heterocycles. The van der Waals surface area contributed by atoms with Crippen molar-refractivity contribution in [1.82, 2.24) is 9.97 Å². The molecular formula is C19H17FN4O. The first kappa shape index (κ1) is 16.6. The van der Waals surface area contributed by atoms with E-state index in [0.29, 0.717) is 23.9 Å². The molecule has 0 bridgehead atoms. The number of nitrogens with one attached hydrogen (secondary N) is 2. The predicted molar refractivity (Wildman–Crippen MR) is 94.9 cm³/mol. The van der Waals surface area contributed by atoms with Crippen LogP contribution in [0, 0.1) is 12.7 Å². The van der Waals surface area contributed by atoms with Gasteiger partial charge < -0.3 is 10.6 Å². The number of aryl methyl sites for hydroxylation is 1. The number of aromatic nitrogens is 2. The summed E-state index contributed by atoms with van der Waals surface area (Å²) in [6, 6.07) is 17.1. The molecule has 0 aliphatic rings. The van der Waals surface area contributed by atoms with Crippen molar-refractivity contribution in [2.45, 2.75) is 13.5 Å². The zero-order valence-electron chi connectivity index (χ0n) is 13.7. The fraction of sp³-hybridized carbons (Fsp3) is 0.105. The lowest BCUT2D eigenvalue weighted by molar-refractivity contribution is 0.102. The summed E-state index contributed by atoms with van der Waals surface area (Å²) < 4.78 is 13.2. The van der Waals surface area contributed by atoms with Gasteiger partial charge in [-0.05, 0) is 36.8 Å². The van der Waals surface area contributed by atoms with Crippen LogP contribution in [0.25, 0.3) is 0 Å². The molecule has 3 rings (SSSR count). The van der Waals surface area contributed by atoms with Gasteiger partial charge in [0.05, 0.1) is 0 Å². The minimum Gasteiger partial charge on any atom is -0.350 e. The molecule has 126 valence electrons. The van der Waals surface area contributed by atoms with Crippen LogP contribution in [0.2, 0.25) is 0 Å². The molecule has 0 radical (unpaired) electrons. The van der Waals surface area contributed by atoms with Gasteiger partial charge in [-0.3, -0.25) is 4.79 Å². The molecule has 1 aromatic heterocycles. The highest BCUT2D eigenvalue weighted by Crippen LogP contribution is 2.12. The molecule has 0 aliphatic heterocycles. The van der Waals surface area contributed by atoms with Crippen molar-refractivity contribution in [3.8, 4) is 0 Å². The Morgan fingerprint density at radius 2 is 1.84 bits per heavy atom. The predicted octanol–water partition coefficient (Wildman–Crippen LogP) is 3.79. The van der Waals surface area contributed by atoms with E-state index in [4.69, 9.17) is 0 Å². The highest BCUT2D eigenvalue weighted by Gasteiger charge is 2.11. The van der Waals surface area contributed by atoms with Gasteiger partial charge in [-0.15, -0.1) is 0 Å². The van der Waals surface area contributed by atoms with Gasteiger partial charge in [0.25, 0.3) is 5.91 Å². The zero-order chi connectivity index (χ0) is 17.6. The van der Waals surface area contributed by atoms with Crippen molar-refractivity contribution in [3.05, 3.63) is 83.4 Å². The third-order valence-corrected chi connectivity index (χ3v) is 3.46. The van der Waals surface area contributed by atoms with Crippen molar-refractivity contribution >= 4 is 17.5 Å². The van der Waals surface area contributed by atoms with Gasteiger partial charge in [-0.1, -0.05) is 36.4 Å². The van der Waals surface area contributed by atoms with Crippen LogP contribution in [0.3, 0.4) is 0 Å². The second-order valence-corrected chi connectivity index (χ2v) is 5.52. The van der Waals surface area contributed by atoms with Crippen LogP contribution >= 0.6 is 0 Å². The second-order valence-electron chi connectivity index (χ2n) is 5.52. The number of halogens is 1. The molecule has 1 heterocycles. The molecule has 2 aromatic carbocycles. The monoisotopic (exact) mass is 336 g/mol. The van der Waals surface area contributed by atoms with Gasteiger partial charge in [-0.25, -0.2) is 14.4 Å². The summed E-state index contributed by atoms with van der Waals surface area (Å²) in [5, 5.41) is 5.74. The molecule has 1 amide bonds. The van der Waals surface area contributed by atoms with Crippen molar-refractivity contribution in [2.75, 3.05) is 10.6 Å². The van der Waals surface area contributed by atoms with Gasteiger partial charge >= 0.3 is 0 Å². The number of benzene rings is 2. The van der Waals surface area contributed by atoms with E-state index in [1.165, 1.54) is 18.2 Å². The summed E-state index contributed by atoms with van der Waals surface area (Å²) in [4.78, 5) is 20.9. The van der Waals surface area contributed by atoms with Gasteiger partial charge in [0.1, 0.15) is 11.5 Å². The van der Waals surface area contributed by atoms with Crippen LogP contribution in [-0.4, -0.2) is 15.9 Å². The molecule has 0 saturated carbocycles. The first-order valence-electron chi connectivity index (χ1n) is 7.80. The molecule has 0 aliphatic carbocycles. The highest BCUT2D eigenvalue weighted by molar-refractivity contribution is 6.03. The number of hydrogen-bond donors (Lipinski definition) is 2. The molecular weight excluding hydrogens is 319 g/mol. The van der Waals surface area contributed by atoms with E-state index in [0.717, 1.165) is 5.56 Å². The van der Waals surface area contributed by atoms with Crippen LogP contribution in [0.5, 0.6) is 0 Å².